The number of halogens is 1. The van der Waals surface area contributed by atoms with E-state index in [-0.39, 0.29) is 12.4 Å². The zero-order chi connectivity index (χ0) is 21.5. The summed E-state index contributed by atoms with van der Waals surface area (Å²) in [5.41, 5.74) is 4.25. The zero-order valence-corrected chi connectivity index (χ0v) is 17.5. The van der Waals surface area contributed by atoms with Gasteiger partial charge in [0.15, 0.2) is 11.7 Å². The van der Waals surface area contributed by atoms with E-state index in [4.69, 9.17) is 14.5 Å². The Labute approximate surface area is 183 Å². The molecule has 2 heterocycles. The van der Waals surface area contributed by atoms with Crippen LogP contribution in [0.3, 0.4) is 0 Å². The van der Waals surface area contributed by atoms with Gasteiger partial charge in [0.25, 0.3) is 5.91 Å². The Morgan fingerprint density at radius 1 is 1.19 bits per heavy atom. The monoisotopic (exact) mass is 440 g/mol. The molecule has 0 spiro atoms. The quantitative estimate of drug-likeness (QED) is 0.451. The van der Waals surface area contributed by atoms with Crippen LogP contribution in [0.5, 0.6) is 5.75 Å². The molecule has 0 atom stereocenters. The molecule has 2 aromatic carbocycles. The predicted octanol–water partition coefficient (Wildman–Crippen LogP) is 3.31. The molecule has 0 saturated carbocycles. The smallest absolute Gasteiger partial charge is 0.277 e. The van der Waals surface area contributed by atoms with Gasteiger partial charge in [0.2, 0.25) is 0 Å². The van der Waals surface area contributed by atoms with Crippen molar-refractivity contribution in [3.8, 4) is 17.0 Å². The van der Waals surface area contributed by atoms with Crippen LogP contribution in [-0.4, -0.2) is 50.0 Å². The maximum Gasteiger partial charge on any atom is 0.277 e. The van der Waals surface area contributed by atoms with Crippen LogP contribution in [0.1, 0.15) is 4.88 Å². The number of benzene rings is 2. The molecule has 7 nitrogen and oxygen atoms in total. The molecule has 1 aromatic heterocycles. The molecule has 9 heteroatoms. The summed E-state index contributed by atoms with van der Waals surface area (Å²) in [7, 11) is 0. The number of hydrazone groups is 1. The lowest BCUT2D eigenvalue weighted by molar-refractivity contribution is -0.123. The number of amides is 1. The van der Waals surface area contributed by atoms with Gasteiger partial charge in [0.1, 0.15) is 11.6 Å². The minimum absolute atomic E-state index is 0.226. The van der Waals surface area contributed by atoms with Gasteiger partial charge in [-0.25, -0.2) is 14.8 Å². The number of morpholine rings is 1. The average molecular weight is 441 g/mol. The molecule has 0 unspecified atom stereocenters. The molecular formula is C22H21FN4O3S. The standard InChI is InChI=1S/C22H21FN4O3S/c23-17-6-8-18(9-7-17)30-15-20(28)26-24-14-19-21(16-4-2-1-3-5-16)25-22(31-19)27-10-12-29-13-11-27/h1-9,14H,10-13,15H2,(H,26,28)/b24-14+. The molecular weight excluding hydrogens is 419 g/mol. The topological polar surface area (TPSA) is 76.0 Å². The number of rotatable bonds is 7. The van der Waals surface area contributed by atoms with Gasteiger partial charge in [-0.1, -0.05) is 41.7 Å². The summed E-state index contributed by atoms with van der Waals surface area (Å²) in [6, 6.07) is 15.3. The van der Waals surface area contributed by atoms with Crippen LogP contribution < -0.4 is 15.1 Å². The van der Waals surface area contributed by atoms with Gasteiger partial charge < -0.3 is 14.4 Å². The second-order valence-corrected chi connectivity index (χ2v) is 7.72. The zero-order valence-electron chi connectivity index (χ0n) is 16.7. The summed E-state index contributed by atoms with van der Waals surface area (Å²) >= 11 is 1.52. The lowest BCUT2D eigenvalue weighted by Gasteiger charge is -2.26. The number of carbonyl (C=O) groups excluding carboxylic acids is 1. The first kappa shape index (κ1) is 21.0. The first-order valence-corrected chi connectivity index (χ1v) is 10.6. The SMILES string of the molecule is O=C(COc1ccc(F)cc1)N/N=C/c1sc(N2CCOCC2)nc1-c1ccccc1. The largest absolute Gasteiger partial charge is 0.484 e. The number of aromatic nitrogens is 1. The van der Waals surface area contributed by atoms with Gasteiger partial charge in [0.05, 0.1) is 30.0 Å². The molecule has 1 aliphatic rings. The van der Waals surface area contributed by atoms with E-state index in [9.17, 15) is 9.18 Å². The van der Waals surface area contributed by atoms with E-state index in [1.54, 1.807) is 6.21 Å². The highest BCUT2D eigenvalue weighted by Gasteiger charge is 2.18. The van der Waals surface area contributed by atoms with Gasteiger partial charge >= 0.3 is 0 Å². The van der Waals surface area contributed by atoms with Crippen molar-refractivity contribution in [3.05, 3.63) is 65.3 Å². The van der Waals surface area contributed by atoms with Crippen molar-refractivity contribution >= 4 is 28.6 Å². The Morgan fingerprint density at radius 3 is 2.68 bits per heavy atom. The lowest BCUT2D eigenvalue weighted by Crippen LogP contribution is -2.36. The summed E-state index contributed by atoms with van der Waals surface area (Å²) in [5.74, 6) is -0.374. The first-order chi connectivity index (χ1) is 15.2. The highest BCUT2D eigenvalue weighted by molar-refractivity contribution is 7.17. The Kier molecular flexibility index (Phi) is 6.85. The highest BCUT2D eigenvalue weighted by Crippen LogP contribution is 2.32. The van der Waals surface area contributed by atoms with Gasteiger partial charge in [-0.05, 0) is 24.3 Å². The summed E-state index contributed by atoms with van der Waals surface area (Å²) in [5, 5.41) is 4.97. The van der Waals surface area contributed by atoms with Gasteiger partial charge in [0, 0.05) is 18.7 Å². The van der Waals surface area contributed by atoms with Crippen molar-refractivity contribution in [2.75, 3.05) is 37.8 Å². The van der Waals surface area contributed by atoms with E-state index in [0.29, 0.717) is 19.0 Å². The van der Waals surface area contributed by atoms with Crippen LogP contribution in [0.2, 0.25) is 0 Å². The van der Waals surface area contributed by atoms with Gasteiger partial charge in [-0.2, -0.15) is 5.10 Å². The number of nitrogens with one attached hydrogen (secondary N) is 1. The molecule has 0 bridgehead atoms. The van der Waals surface area contributed by atoms with Crippen LogP contribution in [0, 0.1) is 5.82 Å². The fourth-order valence-corrected chi connectivity index (χ4v) is 3.99. The Hall–Kier alpha value is -3.30. The van der Waals surface area contributed by atoms with E-state index >= 15 is 0 Å². The second kappa shape index (κ2) is 10.1. The number of nitrogens with zero attached hydrogens (tertiary/aromatic N) is 3. The number of carbonyl (C=O) groups is 1. The van der Waals surface area contributed by atoms with Crippen molar-refractivity contribution in [2.45, 2.75) is 0 Å². The number of hydrogen-bond acceptors (Lipinski definition) is 7. The fraction of sp³-hybridized carbons (Fsp3) is 0.227. The molecule has 1 N–H and O–H groups in total. The van der Waals surface area contributed by atoms with Crippen LogP contribution in [0.4, 0.5) is 9.52 Å². The lowest BCUT2D eigenvalue weighted by atomic mass is 10.1. The number of hydrogen-bond donors (Lipinski definition) is 1. The number of ether oxygens (including phenoxy) is 2. The van der Waals surface area contributed by atoms with Crippen molar-refractivity contribution in [1.82, 2.24) is 10.4 Å². The maximum atomic E-state index is 12.9. The molecule has 0 aliphatic carbocycles. The number of anilines is 1. The summed E-state index contributed by atoms with van der Waals surface area (Å²) in [6.45, 7) is 2.70. The van der Waals surface area contributed by atoms with Gasteiger partial charge in [-0.15, -0.1) is 0 Å². The maximum absolute atomic E-state index is 12.9. The van der Waals surface area contributed by atoms with E-state index in [2.05, 4.69) is 15.4 Å². The summed E-state index contributed by atoms with van der Waals surface area (Å²) in [6.07, 6.45) is 1.60. The normalized spacial score (nSPS) is 14.0. The molecule has 160 valence electrons. The molecule has 1 saturated heterocycles. The summed E-state index contributed by atoms with van der Waals surface area (Å²) < 4.78 is 23.7. The molecule has 1 fully saturated rings. The van der Waals surface area contributed by atoms with Crippen molar-refractivity contribution in [3.63, 3.8) is 0 Å². The van der Waals surface area contributed by atoms with Crippen molar-refractivity contribution < 1.29 is 18.7 Å². The van der Waals surface area contributed by atoms with Crippen LogP contribution in [0.25, 0.3) is 11.3 Å². The van der Waals surface area contributed by atoms with E-state index in [0.717, 1.165) is 34.4 Å². The molecule has 31 heavy (non-hydrogen) atoms. The van der Waals surface area contributed by atoms with E-state index in [1.165, 1.54) is 35.6 Å². The van der Waals surface area contributed by atoms with E-state index in [1.807, 2.05) is 30.3 Å². The van der Waals surface area contributed by atoms with Crippen LogP contribution in [0.15, 0.2) is 59.7 Å². The Bertz CT molecular complexity index is 1030. The Balaban J connectivity index is 1.43. The van der Waals surface area contributed by atoms with Gasteiger partial charge in [-0.3, -0.25) is 4.79 Å². The van der Waals surface area contributed by atoms with Crippen molar-refractivity contribution in [1.29, 1.82) is 0 Å². The highest BCUT2D eigenvalue weighted by atomic mass is 32.1. The fourth-order valence-electron chi connectivity index (χ4n) is 2.98. The van der Waals surface area contributed by atoms with E-state index < -0.39 is 5.91 Å². The third-order valence-corrected chi connectivity index (χ3v) is 5.58. The average Bonchev–Trinajstić information content (AvgIpc) is 3.24. The minimum Gasteiger partial charge on any atom is -0.484 e. The Morgan fingerprint density at radius 2 is 1.94 bits per heavy atom. The molecule has 3 aromatic rings. The van der Waals surface area contributed by atoms with Crippen LogP contribution in [-0.2, 0) is 9.53 Å². The second-order valence-electron chi connectivity index (χ2n) is 6.71. The predicted molar refractivity (Wildman–Crippen MR) is 118 cm³/mol. The molecule has 4 rings (SSSR count). The first-order valence-electron chi connectivity index (χ1n) is 9.78. The third kappa shape index (κ3) is 5.65. The van der Waals surface area contributed by atoms with Crippen LogP contribution >= 0.6 is 11.3 Å². The third-order valence-electron chi connectivity index (χ3n) is 4.53. The minimum atomic E-state index is -0.417. The molecule has 0 radical (unpaired) electrons. The van der Waals surface area contributed by atoms with Crippen molar-refractivity contribution in [2.24, 2.45) is 5.10 Å². The molecule has 1 aliphatic heterocycles. The molecule has 1 amide bonds. The number of thiazole rings is 1. The summed E-state index contributed by atoms with van der Waals surface area (Å²) in [4.78, 5) is 19.9.